The number of alkyl halides is 3. The van der Waals surface area contributed by atoms with Gasteiger partial charge in [0.15, 0.2) is 0 Å². The van der Waals surface area contributed by atoms with Crippen molar-refractivity contribution in [1.29, 1.82) is 0 Å². The first-order valence-electron chi connectivity index (χ1n) is 8.27. The number of rotatable bonds is 4. The van der Waals surface area contributed by atoms with Gasteiger partial charge in [-0.05, 0) is 67.9 Å². The first-order chi connectivity index (χ1) is 12.3. The van der Waals surface area contributed by atoms with Crippen molar-refractivity contribution < 1.29 is 22.7 Å². The molecule has 3 rings (SSSR count). The summed E-state index contributed by atoms with van der Waals surface area (Å²) in [6.45, 7) is 1.81. The lowest BCUT2D eigenvalue weighted by molar-refractivity contribution is -0.274. The third kappa shape index (κ3) is 4.56. The minimum atomic E-state index is -4.71. The van der Waals surface area contributed by atoms with Gasteiger partial charge in [-0.3, -0.25) is 4.79 Å². The number of halogens is 3. The lowest BCUT2D eigenvalue weighted by Crippen LogP contribution is -2.43. The monoisotopic (exact) mass is 384 g/mol. The Morgan fingerprint density at radius 2 is 1.81 bits per heavy atom. The third-order valence-corrected chi connectivity index (χ3v) is 5.49. The highest BCUT2D eigenvalue weighted by molar-refractivity contribution is 7.17. The summed E-state index contributed by atoms with van der Waals surface area (Å²) in [6.07, 6.45) is -2.84. The molecule has 1 fully saturated rings. The minimum absolute atomic E-state index is 0.0230. The first kappa shape index (κ1) is 18.7. The van der Waals surface area contributed by atoms with Crippen LogP contribution in [-0.4, -0.2) is 43.3 Å². The van der Waals surface area contributed by atoms with Crippen LogP contribution in [0, 0.1) is 0 Å². The van der Waals surface area contributed by atoms with Gasteiger partial charge < -0.3 is 15.0 Å². The summed E-state index contributed by atoms with van der Waals surface area (Å²) in [5.41, 5.74) is 0.744. The van der Waals surface area contributed by atoms with Gasteiger partial charge in [-0.1, -0.05) is 0 Å². The molecule has 1 amide bonds. The van der Waals surface area contributed by atoms with Crippen LogP contribution in [-0.2, 0) is 0 Å². The summed E-state index contributed by atoms with van der Waals surface area (Å²) in [5.74, 6) is -0.287. The van der Waals surface area contributed by atoms with Crippen molar-refractivity contribution in [3.63, 3.8) is 0 Å². The molecule has 2 aromatic rings. The average molecular weight is 384 g/mol. The molecule has 0 atom stereocenters. The van der Waals surface area contributed by atoms with Crippen molar-refractivity contribution in [2.45, 2.75) is 25.2 Å². The lowest BCUT2D eigenvalue weighted by atomic mass is 10.1. The molecule has 1 aliphatic rings. The summed E-state index contributed by atoms with van der Waals surface area (Å²) in [7, 11) is 1.82. The summed E-state index contributed by atoms with van der Waals surface area (Å²) >= 11 is 1.34. The number of hydrogen-bond donors (Lipinski definition) is 1. The van der Waals surface area contributed by atoms with E-state index in [9.17, 15) is 18.0 Å². The molecular formula is C18H19F3N2O2S. The number of nitrogens with one attached hydrogen (secondary N) is 1. The topological polar surface area (TPSA) is 41.6 Å². The molecule has 1 aromatic carbocycles. The fraction of sp³-hybridized carbons (Fsp3) is 0.389. The number of thiophene rings is 1. The van der Waals surface area contributed by atoms with E-state index < -0.39 is 6.36 Å². The van der Waals surface area contributed by atoms with Crippen molar-refractivity contribution >= 4 is 17.2 Å². The molecule has 0 unspecified atom stereocenters. The van der Waals surface area contributed by atoms with Crippen LogP contribution >= 0.6 is 11.3 Å². The second-order valence-electron chi connectivity index (χ2n) is 6.13. The fourth-order valence-electron chi connectivity index (χ4n) is 2.96. The van der Waals surface area contributed by atoms with Crippen LogP contribution in [0.2, 0.25) is 0 Å². The van der Waals surface area contributed by atoms with Crippen molar-refractivity contribution in [2.75, 3.05) is 20.1 Å². The SMILES string of the molecule is CN(C(=O)c1ccc(-c2ccc(OC(F)(F)F)cc2)s1)C1CCNCC1. The van der Waals surface area contributed by atoms with E-state index in [1.165, 1.54) is 23.5 Å². The van der Waals surface area contributed by atoms with E-state index in [0.29, 0.717) is 4.88 Å². The standard InChI is InChI=1S/C18H19F3N2O2S/c1-23(13-8-10-22-11-9-13)17(24)16-7-6-15(26-16)12-2-4-14(5-3-12)25-18(19,20)21/h2-7,13,22H,8-11H2,1H3. The number of benzene rings is 1. The minimum Gasteiger partial charge on any atom is -0.406 e. The van der Waals surface area contributed by atoms with Crippen LogP contribution in [0.3, 0.4) is 0 Å². The van der Waals surface area contributed by atoms with Crippen LogP contribution in [0.1, 0.15) is 22.5 Å². The van der Waals surface area contributed by atoms with E-state index in [1.807, 2.05) is 13.1 Å². The van der Waals surface area contributed by atoms with Gasteiger partial charge in [0.2, 0.25) is 0 Å². The Balaban J connectivity index is 1.70. The molecule has 1 aliphatic heterocycles. The molecule has 2 heterocycles. The number of hydrogen-bond acceptors (Lipinski definition) is 4. The van der Waals surface area contributed by atoms with Gasteiger partial charge in [0, 0.05) is 18.0 Å². The Labute approximate surface area is 153 Å². The van der Waals surface area contributed by atoms with Crippen LogP contribution < -0.4 is 10.1 Å². The number of carbonyl (C=O) groups excluding carboxylic acids is 1. The second-order valence-corrected chi connectivity index (χ2v) is 7.22. The molecular weight excluding hydrogens is 365 g/mol. The molecule has 1 aromatic heterocycles. The van der Waals surface area contributed by atoms with Gasteiger partial charge in [0.05, 0.1) is 4.88 Å². The zero-order valence-corrected chi connectivity index (χ0v) is 15.0. The molecule has 8 heteroatoms. The Morgan fingerprint density at radius 1 is 1.15 bits per heavy atom. The summed E-state index contributed by atoms with van der Waals surface area (Å²) < 4.78 is 40.5. The zero-order chi connectivity index (χ0) is 18.7. The molecule has 0 radical (unpaired) electrons. The van der Waals surface area contributed by atoms with Gasteiger partial charge in [-0.25, -0.2) is 0 Å². The second kappa shape index (κ2) is 7.67. The summed E-state index contributed by atoms with van der Waals surface area (Å²) in [5, 5.41) is 3.28. The van der Waals surface area contributed by atoms with E-state index in [4.69, 9.17) is 0 Å². The highest BCUT2D eigenvalue weighted by atomic mass is 32.1. The molecule has 26 heavy (non-hydrogen) atoms. The number of piperidine rings is 1. The van der Waals surface area contributed by atoms with Crippen LogP contribution in [0.15, 0.2) is 36.4 Å². The van der Waals surface area contributed by atoms with E-state index in [2.05, 4.69) is 10.1 Å². The van der Waals surface area contributed by atoms with Gasteiger partial charge in [0.1, 0.15) is 5.75 Å². The molecule has 0 saturated carbocycles. The van der Waals surface area contributed by atoms with Crippen LogP contribution in [0.5, 0.6) is 5.75 Å². The molecule has 1 saturated heterocycles. The molecule has 4 nitrogen and oxygen atoms in total. The smallest absolute Gasteiger partial charge is 0.406 e. The van der Waals surface area contributed by atoms with Crippen molar-refractivity contribution in [3.05, 3.63) is 41.3 Å². The Bertz CT molecular complexity index is 753. The van der Waals surface area contributed by atoms with E-state index in [1.54, 1.807) is 23.1 Å². The van der Waals surface area contributed by atoms with E-state index >= 15 is 0 Å². The van der Waals surface area contributed by atoms with Gasteiger partial charge in [0.25, 0.3) is 5.91 Å². The number of ether oxygens (including phenoxy) is 1. The van der Waals surface area contributed by atoms with Crippen LogP contribution in [0.25, 0.3) is 10.4 Å². The molecule has 140 valence electrons. The number of amides is 1. The Hall–Kier alpha value is -2.06. The highest BCUT2D eigenvalue weighted by Gasteiger charge is 2.31. The zero-order valence-electron chi connectivity index (χ0n) is 14.2. The average Bonchev–Trinajstić information content (AvgIpc) is 3.10. The molecule has 0 spiro atoms. The van der Waals surface area contributed by atoms with Crippen molar-refractivity contribution in [1.82, 2.24) is 10.2 Å². The number of nitrogens with zero attached hydrogens (tertiary/aromatic N) is 1. The third-order valence-electron chi connectivity index (χ3n) is 4.37. The summed E-state index contributed by atoms with van der Waals surface area (Å²) in [6, 6.07) is 9.45. The quantitative estimate of drug-likeness (QED) is 0.862. The Kier molecular flexibility index (Phi) is 5.52. The largest absolute Gasteiger partial charge is 0.573 e. The van der Waals surface area contributed by atoms with Gasteiger partial charge in [-0.2, -0.15) is 0 Å². The maximum atomic E-state index is 12.7. The van der Waals surface area contributed by atoms with Crippen molar-refractivity contribution in [2.24, 2.45) is 0 Å². The maximum Gasteiger partial charge on any atom is 0.573 e. The van der Waals surface area contributed by atoms with Gasteiger partial charge >= 0.3 is 6.36 Å². The molecule has 0 bridgehead atoms. The maximum absolute atomic E-state index is 12.7. The molecule has 1 N–H and O–H groups in total. The normalized spacial score (nSPS) is 15.7. The summed E-state index contributed by atoms with van der Waals surface area (Å²) in [4.78, 5) is 15.9. The van der Waals surface area contributed by atoms with Crippen LogP contribution in [0.4, 0.5) is 13.2 Å². The van der Waals surface area contributed by atoms with E-state index in [0.717, 1.165) is 36.4 Å². The fourth-order valence-corrected chi connectivity index (χ4v) is 3.96. The number of carbonyl (C=O) groups is 1. The highest BCUT2D eigenvalue weighted by Crippen LogP contribution is 2.31. The van der Waals surface area contributed by atoms with Crippen molar-refractivity contribution in [3.8, 4) is 16.2 Å². The van der Waals surface area contributed by atoms with Gasteiger partial charge in [-0.15, -0.1) is 24.5 Å². The molecule has 0 aliphatic carbocycles. The predicted molar refractivity (Wildman–Crippen MR) is 94.4 cm³/mol. The lowest BCUT2D eigenvalue weighted by Gasteiger charge is -2.31. The Morgan fingerprint density at radius 3 is 2.42 bits per heavy atom. The van der Waals surface area contributed by atoms with E-state index in [-0.39, 0.29) is 17.7 Å². The predicted octanol–water partition coefficient (Wildman–Crippen LogP) is 4.14. The first-order valence-corrected chi connectivity index (χ1v) is 9.09.